The highest BCUT2D eigenvalue weighted by Crippen LogP contribution is 2.35. The summed E-state index contributed by atoms with van der Waals surface area (Å²) in [5, 5.41) is 4.11. The molecule has 1 aromatic heterocycles. The summed E-state index contributed by atoms with van der Waals surface area (Å²) in [6, 6.07) is 8.55. The maximum absolute atomic E-state index is 14.0. The van der Waals surface area contributed by atoms with Gasteiger partial charge in [0.05, 0.1) is 6.04 Å². The molecule has 3 rings (SSSR count). The number of carbonyl (C=O) groups excluding carboxylic acids is 1. The molecule has 0 bridgehead atoms. The van der Waals surface area contributed by atoms with Crippen LogP contribution in [0, 0.1) is 5.82 Å². The van der Waals surface area contributed by atoms with Gasteiger partial charge in [0.25, 0.3) is 0 Å². The molecule has 1 aromatic carbocycles. The molecule has 22 heavy (non-hydrogen) atoms. The van der Waals surface area contributed by atoms with Crippen molar-refractivity contribution in [2.24, 2.45) is 0 Å². The van der Waals surface area contributed by atoms with Gasteiger partial charge in [-0.25, -0.2) is 4.39 Å². The minimum Gasteiger partial charge on any atom is -0.333 e. The van der Waals surface area contributed by atoms with E-state index >= 15 is 0 Å². The molecular formula is C17H20FN3O. The molecule has 1 aliphatic carbocycles. The number of aryl methyl sites for hydroxylation is 1. The maximum Gasteiger partial charge on any atom is 0.225 e. The van der Waals surface area contributed by atoms with Crippen LogP contribution < -0.4 is 0 Å². The molecule has 0 saturated heterocycles. The standard InChI is InChI=1S/C17H20FN3O/c1-13(15-5-2-3-6-16(15)18)21(14-7-8-14)17(22)9-12-20-11-4-10-19-20/h2-6,10-11,13-14H,7-9,12H2,1H3. The van der Waals surface area contributed by atoms with Crippen LogP contribution in [0.4, 0.5) is 4.39 Å². The van der Waals surface area contributed by atoms with Crippen LogP contribution in [0.25, 0.3) is 0 Å². The summed E-state index contributed by atoms with van der Waals surface area (Å²) < 4.78 is 15.8. The number of rotatable bonds is 6. The van der Waals surface area contributed by atoms with Crippen molar-refractivity contribution in [3.8, 4) is 0 Å². The SMILES string of the molecule is CC(c1ccccc1F)N(C(=O)CCn1cccn1)C1CC1. The molecule has 0 N–H and O–H groups in total. The summed E-state index contributed by atoms with van der Waals surface area (Å²) >= 11 is 0. The second kappa shape index (κ2) is 6.30. The smallest absolute Gasteiger partial charge is 0.225 e. The Hall–Kier alpha value is -2.17. The Kier molecular flexibility index (Phi) is 4.22. The Balaban J connectivity index is 1.72. The summed E-state index contributed by atoms with van der Waals surface area (Å²) in [6.07, 6.45) is 5.94. The van der Waals surface area contributed by atoms with Crippen molar-refractivity contribution in [1.29, 1.82) is 0 Å². The molecule has 1 aliphatic rings. The topological polar surface area (TPSA) is 38.1 Å². The highest BCUT2D eigenvalue weighted by molar-refractivity contribution is 5.77. The Morgan fingerprint density at radius 1 is 1.41 bits per heavy atom. The summed E-state index contributed by atoms with van der Waals surface area (Å²) in [5.74, 6) is -0.186. The first-order valence-electron chi connectivity index (χ1n) is 7.70. The van der Waals surface area contributed by atoms with E-state index in [0.717, 1.165) is 12.8 Å². The first-order valence-corrected chi connectivity index (χ1v) is 7.70. The quantitative estimate of drug-likeness (QED) is 0.822. The highest BCUT2D eigenvalue weighted by Gasteiger charge is 2.36. The van der Waals surface area contributed by atoms with Crippen molar-refractivity contribution in [1.82, 2.24) is 14.7 Å². The van der Waals surface area contributed by atoms with Gasteiger partial charge in [-0.15, -0.1) is 0 Å². The average molecular weight is 301 g/mol. The second-order valence-electron chi connectivity index (χ2n) is 5.75. The van der Waals surface area contributed by atoms with Crippen LogP contribution >= 0.6 is 0 Å². The van der Waals surface area contributed by atoms with E-state index in [1.807, 2.05) is 30.2 Å². The Morgan fingerprint density at radius 2 is 2.18 bits per heavy atom. The number of halogens is 1. The van der Waals surface area contributed by atoms with Crippen LogP contribution in [0.1, 0.15) is 37.8 Å². The maximum atomic E-state index is 14.0. The van der Waals surface area contributed by atoms with Crippen LogP contribution in [0.2, 0.25) is 0 Å². The molecule has 5 heteroatoms. The molecule has 1 heterocycles. The van der Waals surface area contributed by atoms with Crippen molar-refractivity contribution in [2.75, 3.05) is 0 Å². The van der Waals surface area contributed by atoms with Crippen LogP contribution in [0.15, 0.2) is 42.7 Å². The molecule has 0 radical (unpaired) electrons. The van der Waals surface area contributed by atoms with Gasteiger partial charge in [0.2, 0.25) is 5.91 Å². The van der Waals surface area contributed by atoms with Gasteiger partial charge in [0, 0.05) is 37.0 Å². The molecule has 2 aromatic rings. The lowest BCUT2D eigenvalue weighted by Crippen LogP contribution is -2.36. The summed E-state index contributed by atoms with van der Waals surface area (Å²) in [5.41, 5.74) is 0.585. The lowest BCUT2D eigenvalue weighted by Gasteiger charge is -2.30. The van der Waals surface area contributed by atoms with Crippen molar-refractivity contribution < 1.29 is 9.18 Å². The van der Waals surface area contributed by atoms with E-state index in [2.05, 4.69) is 5.10 Å². The lowest BCUT2D eigenvalue weighted by molar-refractivity contribution is -0.134. The lowest BCUT2D eigenvalue weighted by atomic mass is 10.1. The summed E-state index contributed by atoms with van der Waals surface area (Å²) in [6.45, 7) is 2.46. The van der Waals surface area contributed by atoms with Gasteiger partial charge in [-0.1, -0.05) is 18.2 Å². The third kappa shape index (κ3) is 3.18. The molecule has 1 amide bonds. The predicted molar refractivity (Wildman–Crippen MR) is 81.5 cm³/mol. The van der Waals surface area contributed by atoms with Gasteiger partial charge in [-0.3, -0.25) is 9.48 Å². The Morgan fingerprint density at radius 3 is 2.82 bits per heavy atom. The van der Waals surface area contributed by atoms with E-state index in [-0.39, 0.29) is 23.8 Å². The Bertz CT molecular complexity index is 637. The summed E-state index contributed by atoms with van der Waals surface area (Å²) in [7, 11) is 0. The van der Waals surface area contributed by atoms with E-state index in [9.17, 15) is 9.18 Å². The van der Waals surface area contributed by atoms with Gasteiger partial charge in [-0.2, -0.15) is 5.10 Å². The zero-order chi connectivity index (χ0) is 15.5. The van der Waals surface area contributed by atoms with Gasteiger partial charge in [0.15, 0.2) is 0 Å². The largest absolute Gasteiger partial charge is 0.333 e. The van der Waals surface area contributed by atoms with Crippen LogP contribution in [-0.2, 0) is 11.3 Å². The fourth-order valence-corrected chi connectivity index (χ4v) is 2.82. The average Bonchev–Trinajstić information content (AvgIpc) is 3.20. The molecule has 4 nitrogen and oxygen atoms in total. The monoisotopic (exact) mass is 301 g/mol. The molecule has 1 unspecified atom stereocenters. The molecule has 0 aliphatic heterocycles. The van der Waals surface area contributed by atoms with Crippen LogP contribution in [0.3, 0.4) is 0 Å². The van der Waals surface area contributed by atoms with E-state index in [0.29, 0.717) is 18.5 Å². The third-order valence-electron chi connectivity index (χ3n) is 4.11. The van der Waals surface area contributed by atoms with Crippen molar-refractivity contribution >= 4 is 5.91 Å². The van der Waals surface area contributed by atoms with Crippen molar-refractivity contribution in [3.63, 3.8) is 0 Å². The number of hydrogen-bond acceptors (Lipinski definition) is 2. The van der Waals surface area contributed by atoms with E-state index < -0.39 is 0 Å². The number of aromatic nitrogens is 2. The summed E-state index contributed by atoms with van der Waals surface area (Å²) in [4.78, 5) is 14.5. The fraction of sp³-hybridized carbons (Fsp3) is 0.412. The second-order valence-corrected chi connectivity index (χ2v) is 5.75. The highest BCUT2D eigenvalue weighted by atomic mass is 19.1. The third-order valence-corrected chi connectivity index (χ3v) is 4.11. The fourth-order valence-electron chi connectivity index (χ4n) is 2.82. The van der Waals surface area contributed by atoms with Gasteiger partial charge in [-0.05, 0) is 31.9 Å². The van der Waals surface area contributed by atoms with Crippen molar-refractivity contribution in [2.45, 2.75) is 44.8 Å². The van der Waals surface area contributed by atoms with E-state index in [4.69, 9.17) is 0 Å². The minimum atomic E-state index is -0.250. The predicted octanol–water partition coefficient (Wildman–Crippen LogP) is 3.16. The normalized spacial score (nSPS) is 15.5. The zero-order valence-electron chi connectivity index (χ0n) is 12.7. The molecule has 1 saturated carbocycles. The number of carbonyl (C=O) groups is 1. The van der Waals surface area contributed by atoms with Gasteiger partial charge < -0.3 is 4.90 Å². The van der Waals surface area contributed by atoms with Crippen molar-refractivity contribution in [3.05, 3.63) is 54.1 Å². The van der Waals surface area contributed by atoms with Crippen LogP contribution in [-0.4, -0.2) is 26.6 Å². The molecule has 1 fully saturated rings. The number of amides is 1. The molecular weight excluding hydrogens is 281 g/mol. The van der Waals surface area contributed by atoms with E-state index in [1.165, 1.54) is 6.07 Å². The first kappa shape index (κ1) is 14.8. The first-order chi connectivity index (χ1) is 10.7. The molecule has 0 spiro atoms. The number of hydrogen-bond donors (Lipinski definition) is 0. The molecule has 116 valence electrons. The van der Waals surface area contributed by atoms with Gasteiger partial charge >= 0.3 is 0 Å². The van der Waals surface area contributed by atoms with Crippen LogP contribution in [0.5, 0.6) is 0 Å². The number of nitrogens with zero attached hydrogens (tertiary/aromatic N) is 3. The number of benzene rings is 1. The Labute approximate surface area is 129 Å². The van der Waals surface area contributed by atoms with E-state index in [1.54, 1.807) is 23.0 Å². The zero-order valence-corrected chi connectivity index (χ0v) is 12.7. The van der Waals surface area contributed by atoms with Gasteiger partial charge in [0.1, 0.15) is 5.82 Å². The minimum absolute atomic E-state index is 0.0637. The molecule has 1 atom stereocenters.